The highest BCUT2D eigenvalue weighted by atomic mass is 16.5. The number of nitrogens with zero attached hydrogens (tertiary/aromatic N) is 3. The van der Waals surface area contributed by atoms with Crippen molar-refractivity contribution < 1.29 is 14.3 Å². The summed E-state index contributed by atoms with van der Waals surface area (Å²) in [6, 6.07) is 12.9. The van der Waals surface area contributed by atoms with E-state index in [0.717, 1.165) is 38.0 Å². The molecule has 29 heavy (non-hydrogen) atoms. The average Bonchev–Trinajstić information content (AvgIpc) is 2.78. The van der Waals surface area contributed by atoms with Crippen LogP contribution in [0, 0.1) is 0 Å². The van der Waals surface area contributed by atoms with E-state index in [1.807, 2.05) is 29.3 Å². The summed E-state index contributed by atoms with van der Waals surface area (Å²) < 4.78 is 4.69. The lowest BCUT2D eigenvalue weighted by Crippen LogP contribution is -2.50. The van der Waals surface area contributed by atoms with Crippen molar-refractivity contribution in [3.63, 3.8) is 0 Å². The minimum absolute atomic E-state index is 0.112. The highest BCUT2D eigenvalue weighted by Crippen LogP contribution is 2.17. The lowest BCUT2D eigenvalue weighted by molar-refractivity contribution is 0.0600. The molecule has 1 N–H and O–H groups in total. The number of esters is 1. The van der Waals surface area contributed by atoms with Gasteiger partial charge in [-0.1, -0.05) is 6.07 Å². The lowest BCUT2D eigenvalue weighted by atomic mass is 10.0. The van der Waals surface area contributed by atoms with Crippen LogP contribution in [0.4, 0.5) is 10.5 Å². The molecule has 0 aliphatic carbocycles. The summed E-state index contributed by atoms with van der Waals surface area (Å²) in [6.07, 6.45) is 4.77. The van der Waals surface area contributed by atoms with E-state index in [2.05, 4.69) is 22.2 Å². The van der Waals surface area contributed by atoms with Gasteiger partial charge in [0.1, 0.15) is 0 Å². The zero-order valence-corrected chi connectivity index (χ0v) is 17.0. The maximum absolute atomic E-state index is 12.7. The smallest absolute Gasteiger partial charge is 0.337 e. The molecule has 1 saturated heterocycles. The van der Waals surface area contributed by atoms with Crippen LogP contribution in [-0.4, -0.2) is 66.6 Å². The second-order valence-corrected chi connectivity index (χ2v) is 7.29. The molecule has 2 aromatic rings. The Labute approximate surface area is 171 Å². The van der Waals surface area contributed by atoms with Gasteiger partial charge >= 0.3 is 12.0 Å². The number of ether oxygens (including phenoxy) is 1. The van der Waals surface area contributed by atoms with Crippen molar-refractivity contribution in [1.29, 1.82) is 0 Å². The number of nitrogens with one attached hydrogen (secondary N) is 1. The number of piperidine rings is 1. The minimum Gasteiger partial charge on any atom is -0.465 e. The molecule has 7 heteroatoms. The largest absolute Gasteiger partial charge is 0.465 e. The second kappa shape index (κ2) is 10.0. The van der Waals surface area contributed by atoms with E-state index in [1.165, 1.54) is 7.11 Å². The molecule has 2 heterocycles. The van der Waals surface area contributed by atoms with Crippen LogP contribution in [0.5, 0.6) is 0 Å². The van der Waals surface area contributed by atoms with Gasteiger partial charge in [0, 0.05) is 49.7 Å². The van der Waals surface area contributed by atoms with Gasteiger partial charge in [0.2, 0.25) is 0 Å². The standard InChI is InChI=1S/C22H28N4O3/c1-25(15-12-18-6-3-4-13-23-18)20-7-5-14-26(16-20)22(28)24-19-10-8-17(9-11-19)21(27)29-2/h3-4,6,8-11,13,20H,5,7,12,14-16H2,1-2H3,(H,24,28)/t20-/m0/s1. The first kappa shape index (κ1) is 20.8. The first-order chi connectivity index (χ1) is 14.1. The third kappa shape index (κ3) is 5.77. The van der Waals surface area contributed by atoms with Crippen LogP contribution in [0.3, 0.4) is 0 Å². The molecule has 1 aliphatic rings. The number of pyridine rings is 1. The molecule has 0 saturated carbocycles. The van der Waals surface area contributed by atoms with Gasteiger partial charge in [-0.05, 0) is 56.3 Å². The van der Waals surface area contributed by atoms with E-state index in [-0.39, 0.29) is 6.03 Å². The summed E-state index contributed by atoms with van der Waals surface area (Å²) in [5.41, 5.74) is 2.20. The average molecular weight is 396 g/mol. The van der Waals surface area contributed by atoms with Gasteiger partial charge in [0.05, 0.1) is 12.7 Å². The van der Waals surface area contributed by atoms with Crippen LogP contribution in [-0.2, 0) is 11.2 Å². The monoisotopic (exact) mass is 396 g/mol. The second-order valence-electron chi connectivity index (χ2n) is 7.29. The van der Waals surface area contributed by atoms with Gasteiger partial charge in [0.15, 0.2) is 0 Å². The fourth-order valence-electron chi connectivity index (χ4n) is 3.53. The number of urea groups is 1. The van der Waals surface area contributed by atoms with Gasteiger partial charge in [-0.15, -0.1) is 0 Å². The summed E-state index contributed by atoms with van der Waals surface area (Å²) in [5.74, 6) is -0.393. The molecule has 0 radical (unpaired) electrons. The van der Waals surface area contributed by atoms with Crippen LogP contribution in [0.2, 0.25) is 0 Å². The molecule has 2 amide bonds. The third-order valence-corrected chi connectivity index (χ3v) is 5.31. The zero-order chi connectivity index (χ0) is 20.6. The van der Waals surface area contributed by atoms with Crippen LogP contribution in [0.25, 0.3) is 0 Å². The van der Waals surface area contributed by atoms with Crippen LogP contribution in [0.15, 0.2) is 48.7 Å². The van der Waals surface area contributed by atoms with Crippen molar-refractivity contribution in [2.24, 2.45) is 0 Å². The van der Waals surface area contributed by atoms with Crippen molar-refractivity contribution in [2.45, 2.75) is 25.3 Å². The van der Waals surface area contributed by atoms with Gasteiger partial charge in [-0.3, -0.25) is 4.98 Å². The van der Waals surface area contributed by atoms with Crippen molar-refractivity contribution in [2.75, 3.05) is 39.1 Å². The summed E-state index contributed by atoms with van der Waals surface area (Å²) >= 11 is 0. The van der Waals surface area contributed by atoms with E-state index in [4.69, 9.17) is 4.74 Å². The number of anilines is 1. The number of benzene rings is 1. The number of likely N-dealkylation sites (N-methyl/N-ethyl adjacent to an activating group) is 1. The molecule has 0 spiro atoms. The first-order valence-corrected chi connectivity index (χ1v) is 9.91. The summed E-state index contributed by atoms with van der Waals surface area (Å²) in [7, 11) is 3.46. The predicted octanol–water partition coefficient (Wildman–Crippen LogP) is 3.04. The number of likely N-dealkylation sites (tertiary alicyclic amines) is 1. The summed E-state index contributed by atoms with van der Waals surface area (Å²) in [5, 5.41) is 2.92. The SMILES string of the molecule is COC(=O)c1ccc(NC(=O)N2CCC[C@H](N(C)CCc3ccccn3)C2)cc1. The molecule has 7 nitrogen and oxygen atoms in total. The molecule has 0 unspecified atom stereocenters. The van der Waals surface area contributed by atoms with E-state index < -0.39 is 5.97 Å². The molecule has 154 valence electrons. The van der Waals surface area contributed by atoms with Gasteiger partial charge < -0.3 is 19.9 Å². The summed E-state index contributed by atoms with van der Waals surface area (Å²) in [6.45, 7) is 2.35. The zero-order valence-electron chi connectivity index (χ0n) is 17.0. The number of rotatable bonds is 6. The molecule has 1 aromatic heterocycles. The Morgan fingerprint density at radius 3 is 2.72 bits per heavy atom. The Kier molecular flexibility index (Phi) is 7.19. The molecule has 1 atom stereocenters. The molecule has 1 aromatic carbocycles. The number of aromatic nitrogens is 1. The van der Waals surface area contributed by atoms with Crippen LogP contribution in [0.1, 0.15) is 28.9 Å². The van der Waals surface area contributed by atoms with Gasteiger partial charge in [0.25, 0.3) is 0 Å². The Morgan fingerprint density at radius 1 is 1.24 bits per heavy atom. The van der Waals surface area contributed by atoms with E-state index in [0.29, 0.717) is 23.8 Å². The Hall–Kier alpha value is -2.93. The first-order valence-electron chi connectivity index (χ1n) is 9.91. The fraction of sp³-hybridized carbons (Fsp3) is 0.409. The van der Waals surface area contributed by atoms with Crippen LogP contribution < -0.4 is 5.32 Å². The maximum atomic E-state index is 12.7. The van der Waals surface area contributed by atoms with Gasteiger partial charge in [-0.2, -0.15) is 0 Å². The number of methoxy groups -OCH3 is 1. The highest BCUT2D eigenvalue weighted by Gasteiger charge is 2.26. The minimum atomic E-state index is -0.393. The number of hydrogen-bond donors (Lipinski definition) is 1. The van der Waals surface area contributed by atoms with E-state index in [1.54, 1.807) is 24.3 Å². The van der Waals surface area contributed by atoms with Gasteiger partial charge in [-0.25, -0.2) is 9.59 Å². The molecule has 1 aliphatic heterocycles. The van der Waals surface area contributed by atoms with E-state index in [9.17, 15) is 9.59 Å². The highest BCUT2D eigenvalue weighted by molar-refractivity contribution is 5.92. The molecule has 3 rings (SSSR count). The van der Waals surface area contributed by atoms with Crippen LogP contribution >= 0.6 is 0 Å². The maximum Gasteiger partial charge on any atom is 0.337 e. The Balaban J connectivity index is 1.51. The van der Waals surface area contributed by atoms with Crippen molar-refractivity contribution in [3.8, 4) is 0 Å². The Morgan fingerprint density at radius 2 is 2.03 bits per heavy atom. The Bertz CT molecular complexity index is 811. The fourth-order valence-corrected chi connectivity index (χ4v) is 3.53. The van der Waals surface area contributed by atoms with E-state index >= 15 is 0 Å². The molecular weight excluding hydrogens is 368 g/mol. The van der Waals surface area contributed by atoms with Crippen molar-refractivity contribution in [3.05, 3.63) is 59.9 Å². The summed E-state index contributed by atoms with van der Waals surface area (Å²) in [4.78, 5) is 32.8. The topological polar surface area (TPSA) is 74.8 Å². The quantitative estimate of drug-likeness (QED) is 0.760. The number of carbonyl (C=O) groups is 2. The third-order valence-electron chi connectivity index (χ3n) is 5.31. The molecule has 1 fully saturated rings. The predicted molar refractivity (Wildman–Crippen MR) is 112 cm³/mol. The number of amides is 2. The number of carbonyl (C=O) groups excluding carboxylic acids is 2. The van der Waals surface area contributed by atoms with Crippen molar-refractivity contribution >= 4 is 17.7 Å². The lowest BCUT2D eigenvalue weighted by Gasteiger charge is -2.37. The molecule has 0 bridgehead atoms. The molecular formula is C22H28N4O3. The normalized spacial score (nSPS) is 16.5. The number of hydrogen-bond acceptors (Lipinski definition) is 5. The van der Waals surface area contributed by atoms with Crippen molar-refractivity contribution in [1.82, 2.24) is 14.8 Å².